The maximum atomic E-state index is 12.6. The van der Waals surface area contributed by atoms with Crippen LogP contribution in [-0.2, 0) is 6.42 Å². The quantitative estimate of drug-likeness (QED) is 0.673. The smallest absolute Gasteiger partial charge is 0.165 e. The summed E-state index contributed by atoms with van der Waals surface area (Å²) in [5.74, 6) is 0.500. The average Bonchev–Trinajstić information content (AvgIpc) is 2.50. The van der Waals surface area contributed by atoms with E-state index in [-0.39, 0.29) is 5.78 Å². The SMILES string of the molecule is Cc1ccc(N)c(C(=O)CC2CCCc3ccccc32)c1. The molecule has 0 fully saturated rings. The van der Waals surface area contributed by atoms with Crippen molar-refractivity contribution in [3.8, 4) is 0 Å². The number of anilines is 1. The van der Waals surface area contributed by atoms with Crippen molar-refractivity contribution in [3.05, 3.63) is 64.7 Å². The minimum Gasteiger partial charge on any atom is -0.398 e. The molecule has 0 radical (unpaired) electrons. The van der Waals surface area contributed by atoms with Crippen molar-refractivity contribution < 1.29 is 4.79 Å². The third kappa shape index (κ3) is 2.85. The normalized spacial score (nSPS) is 17.3. The van der Waals surface area contributed by atoms with Gasteiger partial charge in [0.25, 0.3) is 0 Å². The van der Waals surface area contributed by atoms with E-state index in [4.69, 9.17) is 5.73 Å². The highest BCUT2D eigenvalue weighted by Gasteiger charge is 2.23. The minimum atomic E-state index is 0.165. The van der Waals surface area contributed by atoms with Crippen molar-refractivity contribution >= 4 is 11.5 Å². The van der Waals surface area contributed by atoms with Crippen molar-refractivity contribution in [1.29, 1.82) is 0 Å². The molecule has 0 amide bonds. The average molecular weight is 279 g/mol. The second kappa shape index (κ2) is 5.72. The predicted molar refractivity (Wildman–Crippen MR) is 86.7 cm³/mol. The van der Waals surface area contributed by atoms with Crippen LogP contribution in [-0.4, -0.2) is 5.78 Å². The Balaban J connectivity index is 1.84. The second-order valence-electron chi connectivity index (χ2n) is 6.01. The minimum absolute atomic E-state index is 0.165. The third-order valence-corrected chi connectivity index (χ3v) is 4.43. The molecule has 0 aromatic heterocycles. The van der Waals surface area contributed by atoms with E-state index in [0.717, 1.165) is 24.8 Å². The number of benzene rings is 2. The Hall–Kier alpha value is -2.09. The number of Topliss-reactive ketones (excluding diaryl/α,β-unsaturated/α-hetero) is 1. The first-order valence-corrected chi connectivity index (χ1v) is 7.62. The highest BCUT2D eigenvalue weighted by molar-refractivity contribution is 6.01. The Kier molecular flexibility index (Phi) is 3.78. The van der Waals surface area contributed by atoms with Crippen LogP contribution in [0, 0.1) is 6.92 Å². The van der Waals surface area contributed by atoms with Crippen LogP contribution < -0.4 is 5.73 Å². The largest absolute Gasteiger partial charge is 0.398 e. The topological polar surface area (TPSA) is 43.1 Å². The fraction of sp³-hybridized carbons (Fsp3) is 0.316. The van der Waals surface area contributed by atoms with Gasteiger partial charge in [-0.3, -0.25) is 4.79 Å². The van der Waals surface area contributed by atoms with Crippen LogP contribution in [0.25, 0.3) is 0 Å². The van der Waals surface area contributed by atoms with E-state index in [2.05, 4.69) is 24.3 Å². The van der Waals surface area contributed by atoms with E-state index < -0.39 is 0 Å². The summed E-state index contributed by atoms with van der Waals surface area (Å²) >= 11 is 0. The van der Waals surface area contributed by atoms with Gasteiger partial charge in [0, 0.05) is 17.7 Å². The van der Waals surface area contributed by atoms with Crippen LogP contribution in [0.15, 0.2) is 42.5 Å². The van der Waals surface area contributed by atoms with E-state index in [9.17, 15) is 4.79 Å². The van der Waals surface area contributed by atoms with Crippen molar-refractivity contribution in [1.82, 2.24) is 0 Å². The molecule has 2 aromatic carbocycles. The van der Waals surface area contributed by atoms with Crippen LogP contribution in [0.5, 0.6) is 0 Å². The van der Waals surface area contributed by atoms with Crippen LogP contribution in [0.4, 0.5) is 5.69 Å². The molecule has 2 heteroatoms. The van der Waals surface area contributed by atoms with Crippen LogP contribution in [0.2, 0.25) is 0 Å². The molecule has 3 rings (SSSR count). The first-order chi connectivity index (χ1) is 10.1. The van der Waals surface area contributed by atoms with Gasteiger partial charge in [0.05, 0.1) is 0 Å². The van der Waals surface area contributed by atoms with Gasteiger partial charge in [-0.25, -0.2) is 0 Å². The summed E-state index contributed by atoms with van der Waals surface area (Å²) in [5.41, 5.74) is 11.1. The zero-order valence-electron chi connectivity index (χ0n) is 12.4. The van der Waals surface area contributed by atoms with Gasteiger partial charge in [-0.15, -0.1) is 0 Å². The van der Waals surface area contributed by atoms with Crippen LogP contribution >= 0.6 is 0 Å². The van der Waals surface area contributed by atoms with Gasteiger partial charge in [-0.05, 0) is 55.4 Å². The van der Waals surface area contributed by atoms with E-state index in [1.165, 1.54) is 11.1 Å². The van der Waals surface area contributed by atoms with Gasteiger partial charge in [-0.1, -0.05) is 35.9 Å². The molecule has 0 spiro atoms. The number of carbonyl (C=O) groups excluding carboxylic acids is 1. The summed E-state index contributed by atoms with van der Waals surface area (Å²) < 4.78 is 0. The molecule has 1 atom stereocenters. The fourth-order valence-corrected chi connectivity index (χ4v) is 3.31. The number of rotatable bonds is 3. The molecule has 108 valence electrons. The molecule has 0 saturated carbocycles. The molecule has 2 N–H and O–H groups in total. The summed E-state index contributed by atoms with van der Waals surface area (Å²) in [7, 11) is 0. The summed E-state index contributed by atoms with van der Waals surface area (Å²) in [4.78, 5) is 12.6. The number of carbonyl (C=O) groups is 1. The second-order valence-corrected chi connectivity index (χ2v) is 6.01. The molecular weight excluding hydrogens is 258 g/mol. The standard InChI is InChI=1S/C19H21NO/c1-13-9-10-18(20)17(11-13)19(21)12-15-7-4-6-14-5-2-3-8-16(14)15/h2-3,5,8-11,15H,4,6-7,12,20H2,1H3. The lowest BCUT2D eigenvalue weighted by atomic mass is 9.79. The van der Waals surface area contributed by atoms with E-state index in [0.29, 0.717) is 23.6 Å². The van der Waals surface area contributed by atoms with Gasteiger partial charge >= 0.3 is 0 Å². The molecule has 1 aliphatic rings. The number of ketones is 1. The highest BCUT2D eigenvalue weighted by Crippen LogP contribution is 2.35. The lowest BCUT2D eigenvalue weighted by molar-refractivity contribution is 0.0972. The Bertz CT molecular complexity index is 675. The predicted octanol–water partition coefficient (Wildman–Crippen LogP) is 4.27. The van der Waals surface area contributed by atoms with Gasteiger partial charge in [0.15, 0.2) is 5.78 Å². The molecular formula is C19H21NO. The molecule has 1 aliphatic carbocycles. The molecule has 1 unspecified atom stereocenters. The Morgan fingerprint density at radius 2 is 2.05 bits per heavy atom. The number of nitrogen functional groups attached to an aromatic ring is 1. The lowest BCUT2D eigenvalue weighted by Crippen LogP contribution is -2.15. The zero-order chi connectivity index (χ0) is 14.8. The van der Waals surface area contributed by atoms with E-state index in [1.807, 2.05) is 25.1 Å². The van der Waals surface area contributed by atoms with E-state index >= 15 is 0 Å². The number of fused-ring (bicyclic) bond motifs is 1. The van der Waals surface area contributed by atoms with Gasteiger partial charge in [0.2, 0.25) is 0 Å². The van der Waals surface area contributed by atoms with Crippen LogP contribution in [0.3, 0.4) is 0 Å². The number of nitrogens with two attached hydrogens (primary N) is 1. The number of aryl methyl sites for hydroxylation is 2. The molecule has 0 saturated heterocycles. The molecule has 0 bridgehead atoms. The van der Waals surface area contributed by atoms with Gasteiger partial charge in [0.1, 0.15) is 0 Å². The maximum Gasteiger partial charge on any atom is 0.165 e. The summed E-state index contributed by atoms with van der Waals surface area (Å²) in [5, 5.41) is 0. The Labute approximate surface area is 126 Å². The summed E-state index contributed by atoms with van der Waals surface area (Å²) in [6.07, 6.45) is 3.95. The number of hydrogen-bond acceptors (Lipinski definition) is 2. The molecule has 0 aliphatic heterocycles. The van der Waals surface area contributed by atoms with Gasteiger partial charge in [-0.2, -0.15) is 0 Å². The Morgan fingerprint density at radius 3 is 2.90 bits per heavy atom. The summed E-state index contributed by atoms with van der Waals surface area (Å²) in [6.45, 7) is 1.99. The van der Waals surface area contributed by atoms with Crippen molar-refractivity contribution in [2.75, 3.05) is 5.73 Å². The maximum absolute atomic E-state index is 12.6. The lowest BCUT2D eigenvalue weighted by Gasteiger charge is -2.25. The third-order valence-electron chi connectivity index (χ3n) is 4.43. The highest BCUT2D eigenvalue weighted by atomic mass is 16.1. The Morgan fingerprint density at radius 1 is 1.24 bits per heavy atom. The monoisotopic (exact) mass is 279 g/mol. The molecule has 2 nitrogen and oxygen atoms in total. The first kappa shape index (κ1) is 13.9. The molecule has 0 heterocycles. The first-order valence-electron chi connectivity index (χ1n) is 7.62. The van der Waals surface area contributed by atoms with Crippen molar-refractivity contribution in [2.24, 2.45) is 0 Å². The zero-order valence-corrected chi connectivity index (χ0v) is 12.4. The molecule has 2 aromatic rings. The van der Waals surface area contributed by atoms with Crippen molar-refractivity contribution in [2.45, 2.75) is 38.5 Å². The number of hydrogen-bond donors (Lipinski definition) is 1. The van der Waals surface area contributed by atoms with Crippen molar-refractivity contribution in [3.63, 3.8) is 0 Å². The summed E-state index contributed by atoms with van der Waals surface area (Å²) in [6, 6.07) is 14.2. The van der Waals surface area contributed by atoms with E-state index in [1.54, 1.807) is 0 Å². The fourth-order valence-electron chi connectivity index (χ4n) is 3.31. The van der Waals surface area contributed by atoms with Gasteiger partial charge < -0.3 is 5.73 Å². The van der Waals surface area contributed by atoms with Crippen LogP contribution in [0.1, 0.15) is 52.2 Å². The molecule has 21 heavy (non-hydrogen) atoms.